The fraction of sp³-hybridized carbons (Fsp3) is 0. The molecule has 0 heterocycles. The molecule has 0 aromatic heterocycles. The lowest BCUT2D eigenvalue weighted by molar-refractivity contribution is 0.0693. The molecule has 2 rings (SSSR count). The maximum atomic E-state index is 13.1. The Morgan fingerprint density at radius 1 is 1.13 bits per heavy atom. The number of carbonyl (C=O) groups excluding carboxylic acids is 1. The Hall–Kier alpha value is -3.00. The van der Waals surface area contributed by atoms with Gasteiger partial charge in [-0.2, -0.15) is 0 Å². The first-order valence-electron chi connectivity index (χ1n) is 6.31. The van der Waals surface area contributed by atoms with Crippen molar-refractivity contribution < 1.29 is 24.2 Å². The van der Waals surface area contributed by atoms with Crippen LogP contribution in [0.2, 0.25) is 0 Å². The van der Waals surface area contributed by atoms with E-state index < -0.39 is 23.4 Å². The Labute approximate surface area is 135 Å². The van der Waals surface area contributed by atoms with Crippen molar-refractivity contribution in [1.82, 2.24) is 5.32 Å². The number of anilines is 1. The van der Waals surface area contributed by atoms with Crippen molar-refractivity contribution in [1.29, 1.82) is 0 Å². The van der Waals surface area contributed by atoms with Crippen LogP contribution in [0, 0.1) is 5.82 Å². The van der Waals surface area contributed by atoms with Crippen LogP contribution in [0.3, 0.4) is 0 Å². The lowest BCUT2D eigenvalue weighted by Gasteiger charge is -2.10. The van der Waals surface area contributed by atoms with Crippen LogP contribution < -0.4 is 10.6 Å². The summed E-state index contributed by atoms with van der Waals surface area (Å²) >= 11 is 4.94. The molecule has 0 atom stereocenters. The second-order valence-corrected chi connectivity index (χ2v) is 4.86. The predicted octanol–water partition coefficient (Wildman–Crippen LogP) is 2.36. The highest BCUT2D eigenvalue weighted by atomic mass is 32.1. The molecule has 0 bridgehead atoms. The molecule has 118 valence electrons. The summed E-state index contributed by atoms with van der Waals surface area (Å²) in [4.78, 5) is 22.7. The van der Waals surface area contributed by atoms with Crippen molar-refractivity contribution in [2.24, 2.45) is 0 Å². The Bertz CT molecular complexity index is 795. The highest BCUT2D eigenvalue weighted by molar-refractivity contribution is 7.80. The zero-order valence-corrected chi connectivity index (χ0v) is 12.4. The molecule has 1 amide bonds. The van der Waals surface area contributed by atoms with Crippen LogP contribution in [0.5, 0.6) is 5.75 Å². The van der Waals surface area contributed by atoms with E-state index in [1.165, 1.54) is 30.3 Å². The minimum absolute atomic E-state index is 0.0817. The van der Waals surface area contributed by atoms with E-state index in [9.17, 15) is 19.1 Å². The van der Waals surface area contributed by atoms with E-state index in [0.717, 1.165) is 12.1 Å². The number of nitrogens with one attached hydrogen (secondary N) is 2. The second-order valence-electron chi connectivity index (χ2n) is 4.46. The molecule has 0 aliphatic rings. The van der Waals surface area contributed by atoms with Crippen LogP contribution in [-0.4, -0.2) is 27.2 Å². The number of carbonyl (C=O) groups is 2. The summed E-state index contributed by atoms with van der Waals surface area (Å²) in [6, 6.07) is 8.81. The Kier molecular flexibility index (Phi) is 4.87. The molecule has 0 fully saturated rings. The van der Waals surface area contributed by atoms with E-state index in [1.54, 1.807) is 0 Å². The van der Waals surface area contributed by atoms with Crippen LogP contribution >= 0.6 is 12.2 Å². The van der Waals surface area contributed by atoms with Gasteiger partial charge in [0.2, 0.25) is 0 Å². The molecule has 2 aromatic rings. The van der Waals surface area contributed by atoms with Crippen LogP contribution in [0.4, 0.5) is 10.1 Å². The summed E-state index contributed by atoms with van der Waals surface area (Å²) in [7, 11) is 0. The van der Waals surface area contributed by atoms with E-state index in [4.69, 9.17) is 17.3 Å². The quantitative estimate of drug-likeness (QED) is 0.643. The van der Waals surface area contributed by atoms with Gasteiger partial charge in [-0.15, -0.1) is 0 Å². The molecule has 0 saturated carbocycles. The number of aromatic carboxylic acids is 1. The Morgan fingerprint density at radius 2 is 1.87 bits per heavy atom. The maximum Gasteiger partial charge on any atom is 0.339 e. The molecule has 0 radical (unpaired) electrons. The van der Waals surface area contributed by atoms with Crippen LogP contribution in [0.15, 0.2) is 42.5 Å². The van der Waals surface area contributed by atoms with Gasteiger partial charge in [0.1, 0.15) is 17.1 Å². The standard InChI is InChI=1S/C15H11FN2O4S/c16-9-3-1-2-8(6-9)13(20)18-15(23)17-10-4-5-11(14(21)22)12(19)7-10/h1-7,19H,(H,21,22)(H2,17,18,20,23). The van der Waals surface area contributed by atoms with Gasteiger partial charge >= 0.3 is 5.97 Å². The molecule has 0 aliphatic heterocycles. The number of rotatable bonds is 3. The average molecular weight is 334 g/mol. The number of hydrogen-bond acceptors (Lipinski definition) is 4. The fourth-order valence-corrected chi connectivity index (χ4v) is 1.97. The molecule has 0 spiro atoms. The zero-order valence-electron chi connectivity index (χ0n) is 11.5. The molecule has 0 saturated heterocycles. The average Bonchev–Trinajstić information content (AvgIpc) is 2.46. The fourth-order valence-electron chi connectivity index (χ4n) is 1.76. The van der Waals surface area contributed by atoms with E-state index in [0.29, 0.717) is 0 Å². The van der Waals surface area contributed by atoms with Gasteiger partial charge in [-0.05, 0) is 42.5 Å². The molecule has 0 unspecified atom stereocenters. The smallest absolute Gasteiger partial charge is 0.339 e. The van der Waals surface area contributed by atoms with Gasteiger partial charge in [-0.3, -0.25) is 10.1 Å². The first-order chi connectivity index (χ1) is 10.9. The van der Waals surface area contributed by atoms with Gasteiger partial charge in [0.25, 0.3) is 5.91 Å². The van der Waals surface area contributed by atoms with Crippen molar-refractivity contribution in [3.05, 3.63) is 59.4 Å². The minimum atomic E-state index is -1.27. The normalized spacial score (nSPS) is 9.96. The summed E-state index contributed by atoms with van der Waals surface area (Å²) in [5.41, 5.74) is 0.125. The maximum absolute atomic E-state index is 13.1. The van der Waals surface area contributed by atoms with Crippen molar-refractivity contribution >= 4 is 34.9 Å². The van der Waals surface area contributed by atoms with Crippen molar-refractivity contribution in [3.63, 3.8) is 0 Å². The molecule has 23 heavy (non-hydrogen) atoms. The lowest BCUT2D eigenvalue weighted by atomic mass is 10.2. The van der Waals surface area contributed by atoms with Crippen LogP contribution in [0.25, 0.3) is 0 Å². The number of amides is 1. The zero-order chi connectivity index (χ0) is 17.0. The van der Waals surface area contributed by atoms with Gasteiger partial charge in [-0.25, -0.2) is 9.18 Å². The van der Waals surface area contributed by atoms with Gasteiger partial charge < -0.3 is 15.5 Å². The van der Waals surface area contributed by atoms with Gasteiger partial charge in [0, 0.05) is 17.3 Å². The third-order valence-corrected chi connectivity index (χ3v) is 3.00. The Balaban J connectivity index is 2.03. The number of aromatic hydroxyl groups is 1. The molecule has 0 aliphatic carbocycles. The highest BCUT2D eigenvalue weighted by Crippen LogP contribution is 2.21. The topological polar surface area (TPSA) is 98.7 Å². The molecular weight excluding hydrogens is 323 g/mol. The number of thiocarbonyl (C=S) groups is 1. The van der Waals surface area contributed by atoms with E-state index >= 15 is 0 Å². The number of halogens is 1. The first-order valence-corrected chi connectivity index (χ1v) is 6.72. The summed E-state index contributed by atoms with van der Waals surface area (Å²) in [6.07, 6.45) is 0. The van der Waals surface area contributed by atoms with Gasteiger partial charge in [-0.1, -0.05) is 6.07 Å². The summed E-state index contributed by atoms with van der Waals surface area (Å²) in [5, 5.41) is 23.3. The third-order valence-electron chi connectivity index (χ3n) is 2.80. The number of benzene rings is 2. The lowest BCUT2D eigenvalue weighted by Crippen LogP contribution is -2.34. The number of carboxylic acids is 1. The number of phenols is 1. The summed E-state index contributed by atoms with van der Waals surface area (Å²) in [5.74, 6) is -2.86. The molecule has 8 heteroatoms. The molecular formula is C15H11FN2O4S. The van der Waals surface area contributed by atoms with E-state index in [2.05, 4.69) is 10.6 Å². The van der Waals surface area contributed by atoms with Crippen molar-refractivity contribution in [3.8, 4) is 5.75 Å². The largest absolute Gasteiger partial charge is 0.507 e. The first kappa shape index (κ1) is 16.4. The number of carboxylic acid groups (broad SMARTS) is 1. The number of hydrogen-bond donors (Lipinski definition) is 4. The highest BCUT2D eigenvalue weighted by Gasteiger charge is 2.12. The van der Waals surface area contributed by atoms with E-state index in [-0.39, 0.29) is 21.9 Å². The van der Waals surface area contributed by atoms with Crippen LogP contribution in [0.1, 0.15) is 20.7 Å². The van der Waals surface area contributed by atoms with Gasteiger partial charge in [0.05, 0.1) is 0 Å². The summed E-state index contributed by atoms with van der Waals surface area (Å²) < 4.78 is 13.1. The summed E-state index contributed by atoms with van der Waals surface area (Å²) in [6.45, 7) is 0. The van der Waals surface area contributed by atoms with Crippen molar-refractivity contribution in [2.45, 2.75) is 0 Å². The SMILES string of the molecule is O=C(NC(=S)Nc1ccc(C(=O)O)c(O)c1)c1cccc(F)c1. The predicted molar refractivity (Wildman–Crippen MR) is 85.2 cm³/mol. The van der Waals surface area contributed by atoms with Crippen LogP contribution in [-0.2, 0) is 0 Å². The van der Waals surface area contributed by atoms with Gasteiger partial charge in [0.15, 0.2) is 5.11 Å². The third kappa shape index (κ3) is 4.24. The minimum Gasteiger partial charge on any atom is -0.507 e. The molecule has 2 aromatic carbocycles. The monoisotopic (exact) mass is 334 g/mol. The second kappa shape index (κ2) is 6.84. The van der Waals surface area contributed by atoms with Crippen molar-refractivity contribution in [2.75, 3.05) is 5.32 Å². The molecule has 4 N–H and O–H groups in total. The van der Waals surface area contributed by atoms with E-state index in [1.807, 2.05) is 0 Å². The Morgan fingerprint density at radius 3 is 2.48 bits per heavy atom. The molecule has 6 nitrogen and oxygen atoms in total.